The summed E-state index contributed by atoms with van der Waals surface area (Å²) in [5.74, 6) is 6.29. The minimum atomic E-state index is -0.00190. The smallest absolute Gasteiger partial charge is 0.257 e. The highest BCUT2D eigenvalue weighted by Gasteiger charge is 2.34. The first-order chi connectivity index (χ1) is 9.02. The van der Waals surface area contributed by atoms with Gasteiger partial charge in [0.15, 0.2) is 5.82 Å². The lowest BCUT2D eigenvalue weighted by molar-refractivity contribution is 0.0723. The number of hydrogen-bond acceptors (Lipinski definition) is 4. The number of carbonyl (C=O) groups excluding carboxylic acids is 1. The molecule has 104 valence electrons. The molecule has 0 aromatic carbocycles. The maximum atomic E-state index is 12.7. The van der Waals surface area contributed by atoms with Crippen LogP contribution in [0.15, 0.2) is 16.7 Å². The van der Waals surface area contributed by atoms with E-state index >= 15 is 0 Å². The van der Waals surface area contributed by atoms with E-state index in [0.29, 0.717) is 23.3 Å². The molecule has 2 rings (SSSR count). The van der Waals surface area contributed by atoms with Crippen molar-refractivity contribution in [1.29, 1.82) is 0 Å². The zero-order valence-corrected chi connectivity index (χ0v) is 12.8. The van der Waals surface area contributed by atoms with E-state index in [2.05, 4.69) is 40.2 Å². The van der Waals surface area contributed by atoms with Gasteiger partial charge in [0.25, 0.3) is 5.91 Å². The Morgan fingerprint density at radius 1 is 1.63 bits per heavy atom. The van der Waals surface area contributed by atoms with E-state index in [1.54, 1.807) is 12.3 Å². The van der Waals surface area contributed by atoms with Crippen LogP contribution >= 0.6 is 15.9 Å². The highest BCUT2D eigenvalue weighted by atomic mass is 79.9. The van der Waals surface area contributed by atoms with E-state index in [1.807, 2.05) is 4.90 Å². The number of aromatic nitrogens is 1. The molecule has 0 radical (unpaired) electrons. The van der Waals surface area contributed by atoms with E-state index in [-0.39, 0.29) is 5.91 Å². The summed E-state index contributed by atoms with van der Waals surface area (Å²) in [4.78, 5) is 18.7. The molecule has 1 aliphatic rings. The predicted molar refractivity (Wildman–Crippen MR) is 78.6 cm³/mol. The molecule has 0 aliphatic heterocycles. The molecule has 3 N–H and O–H groups in total. The number of carbonyl (C=O) groups is 1. The van der Waals surface area contributed by atoms with Gasteiger partial charge in [-0.2, -0.15) is 0 Å². The Morgan fingerprint density at radius 2 is 2.32 bits per heavy atom. The Kier molecular flexibility index (Phi) is 4.42. The molecule has 1 aromatic rings. The Hall–Kier alpha value is -1.14. The Morgan fingerprint density at radius 3 is 2.84 bits per heavy atom. The molecule has 1 fully saturated rings. The summed E-state index contributed by atoms with van der Waals surface area (Å²) in [6, 6.07) is 2.14. The van der Waals surface area contributed by atoms with Gasteiger partial charge in [-0.25, -0.2) is 10.8 Å². The van der Waals surface area contributed by atoms with Crippen molar-refractivity contribution in [3.63, 3.8) is 0 Å². The number of anilines is 1. The Bertz CT molecular complexity index is 474. The first-order valence-corrected chi connectivity index (χ1v) is 7.25. The summed E-state index contributed by atoms with van der Waals surface area (Å²) in [5.41, 5.74) is 3.01. The van der Waals surface area contributed by atoms with Crippen LogP contribution < -0.4 is 11.3 Å². The minimum absolute atomic E-state index is 0.00190. The fourth-order valence-electron chi connectivity index (χ4n) is 2.05. The quantitative estimate of drug-likeness (QED) is 0.643. The first kappa shape index (κ1) is 14.3. The zero-order valence-electron chi connectivity index (χ0n) is 11.2. The van der Waals surface area contributed by atoms with E-state index in [9.17, 15) is 4.79 Å². The lowest BCUT2D eigenvalue weighted by Crippen LogP contribution is -2.36. The van der Waals surface area contributed by atoms with Crippen molar-refractivity contribution in [2.45, 2.75) is 32.7 Å². The second kappa shape index (κ2) is 5.88. The minimum Gasteiger partial charge on any atom is -0.335 e. The molecule has 6 heteroatoms. The number of nitrogens with zero attached hydrogens (tertiary/aromatic N) is 2. The summed E-state index contributed by atoms with van der Waals surface area (Å²) in [6.07, 6.45) is 3.80. The van der Waals surface area contributed by atoms with E-state index in [1.165, 1.54) is 0 Å². The van der Waals surface area contributed by atoms with Crippen molar-refractivity contribution in [2.75, 3.05) is 12.0 Å². The van der Waals surface area contributed by atoms with Gasteiger partial charge in [-0.3, -0.25) is 4.79 Å². The number of nitrogens with two attached hydrogens (primary N) is 1. The molecular weight excluding hydrogens is 308 g/mol. The molecule has 19 heavy (non-hydrogen) atoms. The molecule has 1 saturated carbocycles. The number of rotatable bonds is 5. The number of amides is 1. The summed E-state index contributed by atoms with van der Waals surface area (Å²) in [7, 11) is 0. The highest BCUT2D eigenvalue weighted by Crippen LogP contribution is 2.30. The fraction of sp³-hybridized carbons (Fsp3) is 0.538. The fourth-order valence-corrected chi connectivity index (χ4v) is 2.38. The molecule has 1 heterocycles. The van der Waals surface area contributed by atoms with Crippen molar-refractivity contribution in [2.24, 2.45) is 11.8 Å². The average Bonchev–Trinajstić information content (AvgIpc) is 3.19. The topological polar surface area (TPSA) is 71.2 Å². The van der Waals surface area contributed by atoms with Gasteiger partial charge in [0.1, 0.15) is 0 Å². The molecule has 1 aromatic heterocycles. The maximum absolute atomic E-state index is 12.7. The van der Waals surface area contributed by atoms with Crippen molar-refractivity contribution in [3.8, 4) is 0 Å². The molecule has 0 spiro atoms. The normalized spacial score (nSPS) is 14.6. The van der Waals surface area contributed by atoms with Crippen LogP contribution in [0, 0.1) is 5.92 Å². The Labute approximate surface area is 121 Å². The second-order valence-electron chi connectivity index (χ2n) is 5.28. The monoisotopic (exact) mass is 326 g/mol. The van der Waals surface area contributed by atoms with Crippen LogP contribution in [0.5, 0.6) is 0 Å². The number of hydrogen-bond donors (Lipinski definition) is 2. The van der Waals surface area contributed by atoms with Gasteiger partial charge < -0.3 is 10.3 Å². The number of hydrazine groups is 1. The summed E-state index contributed by atoms with van der Waals surface area (Å²) in [6.45, 7) is 4.99. The second-order valence-corrected chi connectivity index (χ2v) is 6.19. The van der Waals surface area contributed by atoms with Gasteiger partial charge >= 0.3 is 0 Å². The van der Waals surface area contributed by atoms with Gasteiger partial charge in [0.05, 0.1) is 5.56 Å². The number of pyridine rings is 1. The third kappa shape index (κ3) is 3.45. The third-order valence-electron chi connectivity index (χ3n) is 3.03. The van der Waals surface area contributed by atoms with Gasteiger partial charge in [-0.05, 0) is 40.8 Å². The van der Waals surface area contributed by atoms with Gasteiger partial charge in [0, 0.05) is 23.3 Å². The van der Waals surface area contributed by atoms with Crippen molar-refractivity contribution >= 4 is 27.7 Å². The summed E-state index contributed by atoms with van der Waals surface area (Å²) in [5, 5.41) is 0. The van der Waals surface area contributed by atoms with Gasteiger partial charge in [0.2, 0.25) is 0 Å². The molecular formula is C13H19BrN4O. The van der Waals surface area contributed by atoms with Gasteiger partial charge in [-0.1, -0.05) is 13.8 Å². The SMILES string of the molecule is CC(C)CN(C(=O)c1cc(Br)cnc1NN)C1CC1. The number of nitrogens with one attached hydrogen (secondary N) is 1. The van der Waals surface area contributed by atoms with Crippen LogP contribution in [0.2, 0.25) is 0 Å². The third-order valence-corrected chi connectivity index (χ3v) is 3.47. The van der Waals surface area contributed by atoms with Crippen LogP contribution in [-0.4, -0.2) is 28.4 Å². The molecule has 0 unspecified atom stereocenters. The Balaban J connectivity index is 2.28. The first-order valence-electron chi connectivity index (χ1n) is 6.46. The van der Waals surface area contributed by atoms with E-state index < -0.39 is 0 Å². The van der Waals surface area contributed by atoms with Crippen molar-refractivity contribution in [1.82, 2.24) is 9.88 Å². The largest absolute Gasteiger partial charge is 0.335 e. The van der Waals surface area contributed by atoms with E-state index in [4.69, 9.17) is 5.84 Å². The summed E-state index contributed by atoms with van der Waals surface area (Å²) < 4.78 is 0.773. The van der Waals surface area contributed by atoms with Crippen LogP contribution in [0.4, 0.5) is 5.82 Å². The number of nitrogen functional groups attached to an aromatic ring is 1. The lowest BCUT2D eigenvalue weighted by Gasteiger charge is -2.25. The molecule has 0 atom stereocenters. The van der Waals surface area contributed by atoms with Crippen LogP contribution in [0.1, 0.15) is 37.0 Å². The van der Waals surface area contributed by atoms with Crippen LogP contribution in [0.25, 0.3) is 0 Å². The van der Waals surface area contributed by atoms with E-state index in [0.717, 1.165) is 23.9 Å². The predicted octanol–water partition coefficient (Wildman–Crippen LogP) is 2.39. The van der Waals surface area contributed by atoms with Crippen LogP contribution in [-0.2, 0) is 0 Å². The molecule has 1 amide bonds. The molecule has 5 nitrogen and oxygen atoms in total. The zero-order chi connectivity index (χ0) is 14.0. The standard InChI is InChI=1S/C13H19BrN4O/c1-8(2)7-18(10-3-4-10)13(19)11-5-9(14)6-16-12(11)17-15/h5-6,8,10H,3-4,7,15H2,1-2H3,(H,16,17). The lowest BCUT2D eigenvalue weighted by atomic mass is 10.1. The summed E-state index contributed by atoms with van der Waals surface area (Å²) >= 11 is 3.34. The number of halogens is 1. The maximum Gasteiger partial charge on any atom is 0.257 e. The van der Waals surface area contributed by atoms with Gasteiger partial charge in [-0.15, -0.1) is 0 Å². The molecule has 0 saturated heterocycles. The van der Waals surface area contributed by atoms with Crippen molar-refractivity contribution < 1.29 is 4.79 Å². The van der Waals surface area contributed by atoms with Crippen LogP contribution in [0.3, 0.4) is 0 Å². The van der Waals surface area contributed by atoms with Crippen molar-refractivity contribution in [3.05, 3.63) is 22.3 Å². The highest BCUT2D eigenvalue weighted by molar-refractivity contribution is 9.10. The molecule has 1 aliphatic carbocycles. The molecule has 0 bridgehead atoms. The average molecular weight is 327 g/mol.